The average Bonchev–Trinajstić information content (AvgIpc) is 2.56. The first kappa shape index (κ1) is 16.2. The first-order valence-corrected chi connectivity index (χ1v) is 7.62. The lowest BCUT2D eigenvalue weighted by Crippen LogP contribution is -2.25. The minimum absolute atomic E-state index is 0.195. The summed E-state index contributed by atoms with van der Waals surface area (Å²) in [4.78, 5) is 12.1. The molecule has 0 aliphatic rings. The molecule has 3 heteroatoms. The minimum Gasteiger partial charge on any atom is -0.466 e. The van der Waals surface area contributed by atoms with Crippen LogP contribution in [-0.4, -0.2) is 19.2 Å². The van der Waals surface area contributed by atoms with Gasteiger partial charge in [0.05, 0.1) is 25.7 Å². The average molecular weight is 298 g/mol. The van der Waals surface area contributed by atoms with Crippen LogP contribution in [-0.2, 0) is 27.3 Å². The summed E-state index contributed by atoms with van der Waals surface area (Å²) in [6.07, 6.45) is 0.633. The van der Waals surface area contributed by atoms with E-state index in [0.29, 0.717) is 26.2 Å². The second-order valence-electron chi connectivity index (χ2n) is 5.14. The zero-order valence-corrected chi connectivity index (χ0v) is 12.9. The van der Waals surface area contributed by atoms with Crippen LogP contribution in [0.5, 0.6) is 0 Å². The van der Waals surface area contributed by atoms with Gasteiger partial charge in [0, 0.05) is 0 Å². The third-order valence-electron chi connectivity index (χ3n) is 3.38. The van der Waals surface area contributed by atoms with Gasteiger partial charge in [-0.25, -0.2) is 0 Å². The molecule has 2 rings (SSSR count). The highest BCUT2D eigenvalue weighted by Crippen LogP contribution is 2.12. The molecule has 0 bridgehead atoms. The van der Waals surface area contributed by atoms with Gasteiger partial charge in [0.25, 0.3) is 0 Å². The molecular weight excluding hydrogens is 276 g/mol. The molecule has 3 nitrogen and oxygen atoms in total. The fourth-order valence-corrected chi connectivity index (χ4v) is 2.26. The molecule has 0 radical (unpaired) electrons. The van der Waals surface area contributed by atoms with Gasteiger partial charge in [0.15, 0.2) is 0 Å². The van der Waals surface area contributed by atoms with Gasteiger partial charge >= 0.3 is 5.97 Å². The Hall–Kier alpha value is -2.13. The van der Waals surface area contributed by atoms with Crippen molar-refractivity contribution in [2.75, 3.05) is 13.2 Å². The normalized spacial score (nSPS) is 11.9. The molecule has 0 spiro atoms. The maximum absolute atomic E-state index is 12.1. The Morgan fingerprint density at radius 2 is 1.55 bits per heavy atom. The van der Waals surface area contributed by atoms with E-state index in [0.717, 1.165) is 11.1 Å². The second-order valence-corrected chi connectivity index (χ2v) is 5.14. The number of hydrogen-bond acceptors (Lipinski definition) is 3. The molecule has 2 aromatic rings. The van der Waals surface area contributed by atoms with Crippen LogP contribution in [0.2, 0.25) is 0 Å². The van der Waals surface area contributed by atoms with Crippen LogP contribution in [0.3, 0.4) is 0 Å². The van der Waals surface area contributed by atoms with Crippen LogP contribution >= 0.6 is 0 Å². The zero-order valence-electron chi connectivity index (χ0n) is 12.9. The van der Waals surface area contributed by atoms with Crippen LogP contribution in [0, 0.1) is 5.92 Å². The fourth-order valence-electron chi connectivity index (χ4n) is 2.26. The summed E-state index contributed by atoms with van der Waals surface area (Å²) in [5, 5.41) is 0. The van der Waals surface area contributed by atoms with Crippen molar-refractivity contribution in [2.45, 2.75) is 20.0 Å². The van der Waals surface area contributed by atoms with Crippen LogP contribution < -0.4 is 0 Å². The van der Waals surface area contributed by atoms with Crippen molar-refractivity contribution in [1.29, 1.82) is 0 Å². The van der Waals surface area contributed by atoms with Gasteiger partial charge < -0.3 is 9.47 Å². The van der Waals surface area contributed by atoms with E-state index in [1.165, 1.54) is 0 Å². The smallest absolute Gasteiger partial charge is 0.311 e. The van der Waals surface area contributed by atoms with Crippen LogP contribution in [0.25, 0.3) is 0 Å². The molecule has 0 heterocycles. The van der Waals surface area contributed by atoms with Gasteiger partial charge in [-0.3, -0.25) is 4.79 Å². The lowest BCUT2D eigenvalue weighted by Gasteiger charge is -2.16. The third-order valence-corrected chi connectivity index (χ3v) is 3.38. The molecule has 0 aliphatic heterocycles. The molecule has 1 atom stereocenters. The van der Waals surface area contributed by atoms with Crippen molar-refractivity contribution in [2.24, 2.45) is 5.92 Å². The summed E-state index contributed by atoms with van der Waals surface area (Å²) < 4.78 is 10.9. The highest BCUT2D eigenvalue weighted by Gasteiger charge is 2.20. The Kier molecular flexibility index (Phi) is 6.65. The van der Waals surface area contributed by atoms with E-state index >= 15 is 0 Å². The largest absolute Gasteiger partial charge is 0.466 e. The molecule has 2 aromatic carbocycles. The molecule has 0 aliphatic carbocycles. The summed E-state index contributed by atoms with van der Waals surface area (Å²) in [7, 11) is 0. The van der Waals surface area contributed by atoms with Crippen LogP contribution in [0.1, 0.15) is 18.1 Å². The van der Waals surface area contributed by atoms with E-state index in [4.69, 9.17) is 9.47 Å². The Bertz CT molecular complexity index is 551. The second kappa shape index (κ2) is 9.00. The molecule has 0 fully saturated rings. The van der Waals surface area contributed by atoms with Crippen LogP contribution in [0.15, 0.2) is 60.7 Å². The molecular formula is C19H22O3. The monoisotopic (exact) mass is 298 g/mol. The Morgan fingerprint density at radius 3 is 2.14 bits per heavy atom. The van der Waals surface area contributed by atoms with Crippen molar-refractivity contribution in [3.8, 4) is 0 Å². The fraction of sp³-hybridized carbons (Fsp3) is 0.316. The number of rotatable bonds is 8. The first-order chi connectivity index (χ1) is 10.8. The summed E-state index contributed by atoms with van der Waals surface area (Å²) in [5.41, 5.74) is 2.22. The molecule has 0 unspecified atom stereocenters. The molecule has 22 heavy (non-hydrogen) atoms. The van der Waals surface area contributed by atoms with Gasteiger partial charge in [-0.2, -0.15) is 0 Å². The maximum atomic E-state index is 12.1. The highest BCUT2D eigenvalue weighted by molar-refractivity contribution is 5.73. The highest BCUT2D eigenvalue weighted by atomic mass is 16.5. The number of carbonyl (C=O) groups is 1. The van der Waals surface area contributed by atoms with E-state index in [2.05, 4.69) is 0 Å². The Balaban J connectivity index is 1.91. The number of benzene rings is 2. The number of ether oxygens (including phenoxy) is 2. The zero-order chi connectivity index (χ0) is 15.6. The van der Waals surface area contributed by atoms with E-state index in [9.17, 15) is 4.79 Å². The molecule has 0 saturated carbocycles. The van der Waals surface area contributed by atoms with Gasteiger partial charge in [-0.1, -0.05) is 60.7 Å². The van der Waals surface area contributed by atoms with E-state index in [-0.39, 0.29) is 11.9 Å². The van der Waals surface area contributed by atoms with Gasteiger partial charge in [-0.05, 0) is 24.5 Å². The lowest BCUT2D eigenvalue weighted by molar-refractivity contribution is -0.150. The van der Waals surface area contributed by atoms with Gasteiger partial charge in [0.2, 0.25) is 0 Å². The summed E-state index contributed by atoms with van der Waals surface area (Å²) in [6, 6.07) is 19.9. The predicted molar refractivity (Wildman–Crippen MR) is 86.4 cm³/mol. The van der Waals surface area contributed by atoms with Crippen molar-refractivity contribution in [3.63, 3.8) is 0 Å². The molecule has 0 N–H and O–H groups in total. The maximum Gasteiger partial charge on any atom is 0.311 e. The predicted octanol–water partition coefficient (Wildman–Crippen LogP) is 3.63. The van der Waals surface area contributed by atoms with E-state index < -0.39 is 0 Å². The van der Waals surface area contributed by atoms with Gasteiger partial charge in [0.1, 0.15) is 0 Å². The summed E-state index contributed by atoms with van der Waals surface area (Å²) in [6.45, 7) is 3.08. The van der Waals surface area contributed by atoms with E-state index in [1.807, 2.05) is 67.6 Å². The van der Waals surface area contributed by atoms with Crippen molar-refractivity contribution < 1.29 is 14.3 Å². The summed E-state index contributed by atoms with van der Waals surface area (Å²) >= 11 is 0. The number of carbonyl (C=O) groups excluding carboxylic acids is 1. The van der Waals surface area contributed by atoms with Crippen LogP contribution in [0.4, 0.5) is 0 Å². The third kappa shape index (κ3) is 5.34. The molecule has 0 amide bonds. The lowest BCUT2D eigenvalue weighted by atomic mass is 10.0. The SMILES string of the molecule is CCOC(=O)[C@@H](COCc1ccccc1)Cc1ccccc1. The standard InChI is InChI=1S/C19H22O3/c1-2-22-19(20)18(13-16-9-5-3-6-10-16)15-21-14-17-11-7-4-8-12-17/h3-12,18H,2,13-15H2,1H3/t18-/m1/s1. The quantitative estimate of drug-likeness (QED) is 0.698. The minimum atomic E-state index is -0.272. The first-order valence-electron chi connectivity index (χ1n) is 7.62. The number of esters is 1. The van der Waals surface area contributed by atoms with Crippen molar-refractivity contribution in [1.82, 2.24) is 0 Å². The van der Waals surface area contributed by atoms with Gasteiger partial charge in [-0.15, -0.1) is 0 Å². The molecule has 116 valence electrons. The number of hydrogen-bond donors (Lipinski definition) is 0. The molecule has 0 saturated heterocycles. The van der Waals surface area contributed by atoms with Crippen molar-refractivity contribution >= 4 is 5.97 Å². The summed E-state index contributed by atoms with van der Waals surface area (Å²) in [5.74, 6) is -0.467. The molecule has 0 aromatic heterocycles. The topological polar surface area (TPSA) is 35.5 Å². The Morgan fingerprint density at radius 1 is 0.955 bits per heavy atom. The van der Waals surface area contributed by atoms with Crippen molar-refractivity contribution in [3.05, 3.63) is 71.8 Å². The Labute approximate surface area is 131 Å². The van der Waals surface area contributed by atoms with E-state index in [1.54, 1.807) is 0 Å².